The van der Waals surface area contributed by atoms with E-state index in [2.05, 4.69) is 21.2 Å². The predicted octanol–water partition coefficient (Wildman–Crippen LogP) is 3.20. The summed E-state index contributed by atoms with van der Waals surface area (Å²) in [5, 5.41) is 11.2. The molecule has 1 aliphatic rings. The smallest absolute Gasteiger partial charge is 0.322 e. The van der Waals surface area contributed by atoms with Gasteiger partial charge in [-0.2, -0.15) is 0 Å². The number of carboxylic acids is 1. The molecular weight excluding hydrogens is 350 g/mol. The van der Waals surface area contributed by atoms with Crippen molar-refractivity contribution in [3.05, 3.63) is 28.2 Å². The number of anilines is 1. The molecular formula is C13H13BrF2N2O3. The third kappa shape index (κ3) is 3.69. The van der Waals surface area contributed by atoms with Crippen molar-refractivity contribution in [2.75, 3.05) is 11.9 Å². The third-order valence-electron chi connectivity index (χ3n) is 3.29. The molecule has 0 radical (unpaired) electrons. The summed E-state index contributed by atoms with van der Waals surface area (Å²) < 4.78 is 26.7. The van der Waals surface area contributed by atoms with Crippen LogP contribution in [0.3, 0.4) is 0 Å². The number of amides is 2. The molecule has 2 amide bonds. The highest BCUT2D eigenvalue weighted by molar-refractivity contribution is 9.10. The van der Waals surface area contributed by atoms with Crippen LogP contribution in [0.25, 0.3) is 0 Å². The zero-order chi connectivity index (χ0) is 15.6. The minimum atomic E-state index is -0.992. The lowest BCUT2D eigenvalue weighted by Crippen LogP contribution is -2.40. The van der Waals surface area contributed by atoms with Gasteiger partial charge in [-0.15, -0.1) is 0 Å². The van der Waals surface area contributed by atoms with Gasteiger partial charge in [0.15, 0.2) is 5.82 Å². The Morgan fingerprint density at radius 1 is 1.43 bits per heavy atom. The van der Waals surface area contributed by atoms with Crippen molar-refractivity contribution in [2.24, 2.45) is 0 Å². The highest BCUT2D eigenvalue weighted by Crippen LogP contribution is 2.28. The molecule has 0 bridgehead atoms. The van der Waals surface area contributed by atoms with Crippen LogP contribution in [0.1, 0.15) is 19.3 Å². The van der Waals surface area contributed by atoms with E-state index in [0.29, 0.717) is 25.5 Å². The Labute approximate surface area is 128 Å². The van der Waals surface area contributed by atoms with Gasteiger partial charge in [0.25, 0.3) is 0 Å². The number of carbonyl (C=O) groups is 2. The van der Waals surface area contributed by atoms with E-state index in [1.165, 1.54) is 4.90 Å². The number of aliphatic carboxylic acids is 1. The normalized spacial score (nSPS) is 17.9. The Hall–Kier alpha value is -1.70. The van der Waals surface area contributed by atoms with Gasteiger partial charge in [0.05, 0.1) is 12.1 Å². The maximum atomic E-state index is 13.7. The Kier molecular flexibility index (Phi) is 4.76. The van der Waals surface area contributed by atoms with Crippen molar-refractivity contribution in [3.8, 4) is 0 Å². The Bertz CT molecular complexity index is 560. The van der Waals surface area contributed by atoms with Crippen LogP contribution in [0.5, 0.6) is 0 Å². The summed E-state index contributed by atoms with van der Waals surface area (Å²) in [6.07, 6.45) is 1.13. The maximum absolute atomic E-state index is 13.7. The summed E-state index contributed by atoms with van der Waals surface area (Å²) in [6, 6.07) is 0.700. The fraction of sp³-hybridized carbons (Fsp3) is 0.385. The topological polar surface area (TPSA) is 69.6 Å². The first-order valence-electron chi connectivity index (χ1n) is 6.32. The van der Waals surface area contributed by atoms with Crippen LogP contribution in [0.4, 0.5) is 19.3 Å². The summed E-state index contributed by atoms with van der Waals surface area (Å²) in [5.74, 6) is -2.65. The highest BCUT2D eigenvalue weighted by Gasteiger charge is 2.31. The van der Waals surface area contributed by atoms with Crippen molar-refractivity contribution in [1.82, 2.24) is 4.90 Å². The van der Waals surface area contributed by atoms with Crippen LogP contribution in [-0.4, -0.2) is 34.6 Å². The lowest BCUT2D eigenvalue weighted by molar-refractivity contribution is -0.137. The van der Waals surface area contributed by atoms with Crippen LogP contribution in [-0.2, 0) is 4.79 Å². The molecule has 1 saturated heterocycles. The largest absolute Gasteiger partial charge is 0.481 e. The molecule has 2 rings (SSSR count). The number of halogens is 3. The summed E-state index contributed by atoms with van der Waals surface area (Å²) in [5.41, 5.74) is -0.164. The minimum absolute atomic E-state index is 0.0855. The minimum Gasteiger partial charge on any atom is -0.481 e. The van der Waals surface area contributed by atoms with Gasteiger partial charge in [0.1, 0.15) is 5.82 Å². The first-order chi connectivity index (χ1) is 9.88. The van der Waals surface area contributed by atoms with Gasteiger partial charge in [-0.1, -0.05) is 0 Å². The molecule has 0 aliphatic carbocycles. The van der Waals surface area contributed by atoms with E-state index < -0.39 is 29.7 Å². The Morgan fingerprint density at radius 3 is 2.76 bits per heavy atom. The van der Waals surface area contributed by atoms with Gasteiger partial charge in [0, 0.05) is 23.1 Å². The average Bonchev–Trinajstić information content (AvgIpc) is 2.80. The van der Waals surface area contributed by atoms with E-state index >= 15 is 0 Å². The number of hydrogen-bond donors (Lipinski definition) is 2. The van der Waals surface area contributed by atoms with E-state index in [-0.39, 0.29) is 16.6 Å². The van der Waals surface area contributed by atoms with Crippen LogP contribution >= 0.6 is 15.9 Å². The van der Waals surface area contributed by atoms with Crippen molar-refractivity contribution in [2.45, 2.75) is 25.3 Å². The van der Waals surface area contributed by atoms with E-state index in [9.17, 15) is 18.4 Å². The number of nitrogens with one attached hydrogen (secondary N) is 1. The van der Waals surface area contributed by atoms with Crippen LogP contribution in [0.2, 0.25) is 0 Å². The highest BCUT2D eigenvalue weighted by atomic mass is 79.9. The fourth-order valence-electron chi connectivity index (χ4n) is 2.36. The Balaban J connectivity index is 2.13. The van der Waals surface area contributed by atoms with Gasteiger partial charge in [-0.25, -0.2) is 13.6 Å². The molecule has 0 saturated carbocycles. The molecule has 21 heavy (non-hydrogen) atoms. The number of carboxylic acid groups (broad SMARTS) is 1. The zero-order valence-corrected chi connectivity index (χ0v) is 12.5. The first kappa shape index (κ1) is 15.7. The Morgan fingerprint density at radius 2 is 2.14 bits per heavy atom. The number of rotatable bonds is 3. The maximum Gasteiger partial charge on any atom is 0.322 e. The van der Waals surface area contributed by atoms with E-state index in [0.717, 1.165) is 6.07 Å². The van der Waals surface area contributed by atoms with Crippen molar-refractivity contribution in [1.29, 1.82) is 0 Å². The lowest BCUT2D eigenvalue weighted by Gasteiger charge is -2.24. The number of benzene rings is 1. The molecule has 1 aliphatic heterocycles. The number of nitrogens with zero attached hydrogens (tertiary/aromatic N) is 1. The van der Waals surface area contributed by atoms with Gasteiger partial charge < -0.3 is 15.3 Å². The second kappa shape index (κ2) is 6.38. The second-order valence-corrected chi connectivity index (χ2v) is 5.62. The standard InChI is InChI=1S/C13H13BrF2N2O3/c14-9-4-7(15)5-10(16)12(9)17-13(21)18-3-1-2-8(18)6-11(19)20/h4-5,8H,1-3,6H2,(H,17,21)(H,19,20). The van der Waals surface area contributed by atoms with Gasteiger partial charge in [0.2, 0.25) is 0 Å². The quantitative estimate of drug-likeness (QED) is 0.867. The summed E-state index contributed by atoms with van der Waals surface area (Å²) in [4.78, 5) is 24.3. The second-order valence-electron chi connectivity index (χ2n) is 4.76. The third-order valence-corrected chi connectivity index (χ3v) is 3.91. The van der Waals surface area contributed by atoms with E-state index in [1.807, 2.05) is 0 Å². The van der Waals surface area contributed by atoms with Gasteiger partial charge >= 0.3 is 12.0 Å². The van der Waals surface area contributed by atoms with E-state index in [4.69, 9.17) is 5.11 Å². The van der Waals surface area contributed by atoms with Gasteiger partial charge in [-0.05, 0) is 34.8 Å². The monoisotopic (exact) mass is 362 g/mol. The molecule has 1 heterocycles. The summed E-state index contributed by atoms with van der Waals surface area (Å²) in [6.45, 7) is 0.407. The van der Waals surface area contributed by atoms with Crippen molar-refractivity contribution >= 4 is 33.6 Å². The number of urea groups is 1. The summed E-state index contributed by atoms with van der Waals surface area (Å²) >= 11 is 2.98. The van der Waals surface area contributed by atoms with Crippen LogP contribution in [0.15, 0.2) is 16.6 Å². The SMILES string of the molecule is O=C(O)CC1CCCN1C(=O)Nc1c(F)cc(F)cc1Br. The van der Waals surface area contributed by atoms with E-state index in [1.54, 1.807) is 0 Å². The molecule has 8 heteroatoms. The molecule has 0 aromatic heterocycles. The van der Waals surface area contributed by atoms with Crippen molar-refractivity contribution < 1.29 is 23.5 Å². The summed E-state index contributed by atoms with van der Waals surface area (Å²) in [7, 11) is 0. The lowest BCUT2D eigenvalue weighted by atomic mass is 10.1. The molecule has 1 unspecified atom stereocenters. The first-order valence-corrected chi connectivity index (χ1v) is 7.11. The molecule has 114 valence electrons. The van der Waals surface area contributed by atoms with Gasteiger partial charge in [-0.3, -0.25) is 4.79 Å². The predicted molar refractivity (Wildman–Crippen MR) is 75.1 cm³/mol. The molecule has 0 spiro atoms. The number of likely N-dealkylation sites (tertiary alicyclic amines) is 1. The molecule has 5 nitrogen and oxygen atoms in total. The molecule has 1 aromatic carbocycles. The van der Waals surface area contributed by atoms with Crippen molar-refractivity contribution in [3.63, 3.8) is 0 Å². The molecule has 1 fully saturated rings. The fourth-order valence-corrected chi connectivity index (χ4v) is 2.86. The molecule has 2 N–H and O–H groups in total. The molecule has 1 aromatic rings. The van der Waals surface area contributed by atoms with Crippen LogP contribution in [0, 0.1) is 11.6 Å². The molecule has 1 atom stereocenters. The zero-order valence-electron chi connectivity index (χ0n) is 10.9. The average molecular weight is 363 g/mol. The van der Waals surface area contributed by atoms with Crippen LogP contribution < -0.4 is 5.32 Å². The number of hydrogen-bond acceptors (Lipinski definition) is 2. The number of carbonyl (C=O) groups excluding carboxylic acids is 1.